The topological polar surface area (TPSA) is 20.2 Å². The van der Waals surface area contributed by atoms with Crippen LogP contribution >= 0.6 is 0 Å². The summed E-state index contributed by atoms with van der Waals surface area (Å²) in [5.41, 5.74) is 8.96. The molecule has 118 valence electrons. The molecule has 3 aromatic carbocycles. The smallest absolute Gasteiger partial charge is 0.106 e. The molecule has 0 amide bonds. The van der Waals surface area contributed by atoms with E-state index in [0.717, 1.165) is 33.4 Å². The van der Waals surface area contributed by atoms with Crippen molar-refractivity contribution in [1.29, 1.82) is 0 Å². The minimum absolute atomic E-state index is 0.583. The first-order valence-electron chi connectivity index (χ1n) is 8.31. The molecule has 24 heavy (non-hydrogen) atoms. The second kappa shape index (κ2) is 5.77. The largest absolute Gasteiger partial charge is 0.384 e. The third-order valence-corrected chi connectivity index (χ3v) is 4.77. The lowest BCUT2D eigenvalue weighted by Crippen LogP contribution is -1.97. The number of rotatable bonds is 2. The lowest BCUT2D eigenvalue weighted by atomic mass is 9.93. The van der Waals surface area contributed by atoms with Gasteiger partial charge in [0.15, 0.2) is 0 Å². The number of aryl methyl sites for hydroxylation is 2. The molecule has 1 heteroatoms. The summed E-state index contributed by atoms with van der Waals surface area (Å²) >= 11 is 0. The zero-order chi connectivity index (χ0) is 16.7. The molecule has 1 aliphatic rings. The van der Waals surface area contributed by atoms with Gasteiger partial charge in [0.25, 0.3) is 0 Å². The Bertz CT molecular complexity index is 915. The van der Waals surface area contributed by atoms with Crippen molar-refractivity contribution in [2.45, 2.75) is 20.0 Å². The first kappa shape index (κ1) is 14.9. The summed E-state index contributed by atoms with van der Waals surface area (Å²) in [6.45, 7) is 4.18. The summed E-state index contributed by atoms with van der Waals surface area (Å²) in [5.74, 6) is 0. The average Bonchev–Trinajstić information content (AvgIpc) is 2.90. The summed E-state index contributed by atoms with van der Waals surface area (Å²) in [6, 6.07) is 25.1. The highest BCUT2D eigenvalue weighted by Crippen LogP contribution is 2.48. The minimum Gasteiger partial charge on any atom is -0.384 e. The minimum atomic E-state index is -0.583. The molecule has 0 saturated heterocycles. The maximum atomic E-state index is 11.0. The molecule has 1 unspecified atom stereocenters. The second-order valence-corrected chi connectivity index (χ2v) is 6.51. The number of aliphatic hydroxyl groups excluding tert-OH is 1. The molecule has 0 saturated carbocycles. The first-order valence-corrected chi connectivity index (χ1v) is 8.31. The van der Waals surface area contributed by atoms with Gasteiger partial charge < -0.3 is 5.11 Å². The van der Waals surface area contributed by atoms with Gasteiger partial charge in [0.1, 0.15) is 6.10 Å². The molecule has 0 aliphatic heterocycles. The highest BCUT2D eigenvalue weighted by atomic mass is 16.3. The monoisotopic (exact) mass is 312 g/mol. The third kappa shape index (κ3) is 2.38. The first-order chi connectivity index (χ1) is 11.6. The maximum Gasteiger partial charge on any atom is 0.106 e. The van der Waals surface area contributed by atoms with E-state index >= 15 is 0 Å². The summed E-state index contributed by atoms with van der Waals surface area (Å²) in [5, 5.41) is 11.0. The molecule has 4 rings (SSSR count). The highest BCUT2D eigenvalue weighted by molar-refractivity contribution is 6.05. The fraction of sp³-hybridized carbons (Fsp3) is 0.130. The average molecular weight is 312 g/mol. The van der Waals surface area contributed by atoms with Crippen LogP contribution in [0.2, 0.25) is 0 Å². The maximum absolute atomic E-state index is 11.0. The number of fused-ring (bicyclic) bond motifs is 1. The van der Waals surface area contributed by atoms with Gasteiger partial charge in [0, 0.05) is 5.57 Å². The van der Waals surface area contributed by atoms with Gasteiger partial charge >= 0.3 is 0 Å². The van der Waals surface area contributed by atoms with E-state index in [0.29, 0.717) is 0 Å². The van der Waals surface area contributed by atoms with E-state index in [1.165, 1.54) is 11.1 Å². The van der Waals surface area contributed by atoms with Gasteiger partial charge in [-0.2, -0.15) is 0 Å². The van der Waals surface area contributed by atoms with Gasteiger partial charge in [-0.15, -0.1) is 0 Å². The Morgan fingerprint density at radius 3 is 1.83 bits per heavy atom. The Labute approximate surface area is 142 Å². The van der Waals surface area contributed by atoms with Crippen LogP contribution in [0.5, 0.6) is 0 Å². The van der Waals surface area contributed by atoms with Crippen LogP contribution in [0.4, 0.5) is 0 Å². The molecule has 1 N–H and O–H groups in total. The second-order valence-electron chi connectivity index (χ2n) is 6.51. The number of benzene rings is 3. The Kier molecular flexibility index (Phi) is 3.59. The quantitative estimate of drug-likeness (QED) is 0.680. The van der Waals surface area contributed by atoms with Gasteiger partial charge in [-0.1, -0.05) is 83.9 Å². The Morgan fingerprint density at radius 2 is 1.21 bits per heavy atom. The Balaban J connectivity index is 1.99. The Morgan fingerprint density at radius 1 is 0.667 bits per heavy atom. The zero-order valence-corrected chi connectivity index (χ0v) is 14.0. The van der Waals surface area contributed by atoms with Gasteiger partial charge in [0.05, 0.1) is 0 Å². The van der Waals surface area contributed by atoms with Crippen molar-refractivity contribution in [1.82, 2.24) is 0 Å². The molecule has 0 radical (unpaired) electrons. The standard InChI is InChI=1S/C23H20O/c1-15-7-11-17(12-8-15)21-19-5-3-4-6-20(19)23(24)22(21)18-13-9-16(2)10-14-18/h3-14,23-24H,1-2H3. The third-order valence-electron chi connectivity index (χ3n) is 4.77. The van der Waals surface area contributed by atoms with Gasteiger partial charge in [-0.05, 0) is 41.7 Å². The van der Waals surface area contributed by atoms with Crippen molar-refractivity contribution in [2.75, 3.05) is 0 Å². The Hall–Kier alpha value is -2.64. The van der Waals surface area contributed by atoms with Crippen molar-refractivity contribution in [3.8, 4) is 0 Å². The predicted octanol–water partition coefficient (Wildman–Crippen LogP) is 5.31. The van der Waals surface area contributed by atoms with Crippen LogP contribution in [0.1, 0.15) is 39.5 Å². The SMILES string of the molecule is Cc1ccc(C2=C(c3ccc(C)cc3)C(O)c3ccccc32)cc1. The molecule has 1 aliphatic carbocycles. The van der Waals surface area contributed by atoms with Crippen LogP contribution in [0.3, 0.4) is 0 Å². The molecule has 1 nitrogen and oxygen atoms in total. The summed E-state index contributed by atoms with van der Waals surface area (Å²) in [4.78, 5) is 0. The van der Waals surface area contributed by atoms with Crippen molar-refractivity contribution in [3.63, 3.8) is 0 Å². The van der Waals surface area contributed by atoms with Crippen LogP contribution in [0.25, 0.3) is 11.1 Å². The van der Waals surface area contributed by atoms with Crippen LogP contribution in [0.15, 0.2) is 72.8 Å². The summed E-state index contributed by atoms with van der Waals surface area (Å²) < 4.78 is 0. The van der Waals surface area contributed by atoms with Crippen molar-refractivity contribution in [3.05, 3.63) is 106 Å². The van der Waals surface area contributed by atoms with Crippen LogP contribution in [-0.2, 0) is 0 Å². The molecule has 0 fully saturated rings. The molecule has 0 spiro atoms. The van der Waals surface area contributed by atoms with Crippen molar-refractivity contribution < 1.29 is 5.11 Å². The normalized spacial score (nSPS) is 16.4. The highest BCUT2D eigenvalue weighted by Gasteiger charge is 2.31. The summed E-state index contributed by atoms with van der Waals surface area (Å²) in [7, 11) is 0. The van der Waals surface area contributed by atoms with Gasteiger partial charge in [-0.3, -0.25) is 0 Å². The van der Waals surface area contributed by atoms with E-state index in [1.807, 2.05) is 18.2 Å². The van der Waals surface area contributed by atoms with Gasteiger partial charge in [-0.25, -0.2) is 0 Å². The number of aliphatic hydroxyl groups is 1. The zero-order valence-electron chi connectivity index (χ0n) is 14.0. The van der Waals surface area contributed by atoms with Crippen molar-refractivity contribution >= 4 is 11.1 Å². The van der Waals surface area contributed by atoms with Crippen LogP contribution in [0, 0.1) is 13.8 Å². The fourth-order valence-electron chi connectivity index (χ4n) is 3.47. The predicted molar refractivity (Wildman–Crippen MR) is 99.7 cm³/mol. The van der Waals surface area contributed by atoms with E-state index in [-0.39, 0.29) is 0 Å². The van der Waals surface area contributed by atoms with E-state index in [9.17, 15) is 5.11 Å². The lowest BCUT2D eigenvalue weighted by Gasteiger charge is -2.13. The molecule has 0 aromatic heterocycles. The fourth-order valence-corrected chi connectivity index (χ4v) is 3.47. The van der Waals surface area contributed by atoms with E-state index in [4.69, 9.17) is 0 Å². The van der Waals surface area contributed by atoms with Gasteiger partial charge in [0.2, 0.25) is 0 Å². The van der Waals surface area contributed by atoms with Crippen LogP contribution < -0.4 is 0 Å². The van der Waals surface area contributed by atoms with E-state index in [2.05, 4.69) is 68.4 Å². The molecule has 3 aromatic rings. The lowest BCUT2D eigenvalue weighted by molar-refractivity contribution is 0.241. The molecular formula is C23H20O. The molecular weight excluding hydrogens is 292 g/mol. The summed E-state index contributed by atoms with van der Waals surface area (Å²) in [6.07, 6.45) is -0.583. The molecule has 1 atom stereocenters. The molecule has 0 bridgehead atoms. The number of hydrogen-bond donors (Lipinski definition) is 1. The van der Waals surface area contributed by atoms with E-state index < -0.39 is 6.10 Å². The molecule has 0 heterocycles. The van der Waals surface area contributed by atoms with Crippen LogP contribution in [-0.4, -0.2) is 5.11 Å². The van der Waals surface area contributed by atoms with E-state index in [1.54, 1.807) is 0 Å². The van der Waals surface area contributed by atoms with Crippen molar-refractivity contribution in [2.24, 2.45) is 0 Å². The number of hydrogen-bond acceptors (Lipinski definition) is 1.